The summed E-state index contributed by atoms with van der Waals surface area (Å²) in [7, 11) is -2.84. The molecule has 2 fully saturated rings. The van der Waals surface area contributed by atoms with Crippen LogP contribution < -0.4 is 10.3 Å². The van der Waals surface area contributed by atoms with Crippen molar-refractivity contribution >= 4 is 74.8 Å². The van der Waals surface area contributed by atoms with E-state index in [9.17, 15) is 18.0 Å². The lowest BCUT2D eigenvalue weighted by Crippen LogP contribution is -2.66. The summed E-state index contributed by atoms with van der Waals surface area (Å²) in [6, 6.07) is 12.7. The zero-order chi connectivity index (χ0) is 27.7. The van der Waals surface area contributed by atoms with Gasteiger partial charge in [-0.3, -0.25) is 14.8 Å². The highest BCUT2D eigenvalue weighted by molar-refractivity contribution is 7.89. The predicted octanol–water partition coefficient (Wildman–Crippen LogP) is 3.59. The number of anilines is 1. The van der Waals surface area contributed by atoms with Crippen molar-refractivity contribution in [1.82, 2.24) is 19.7 Å². The van der Waals surface area contributed by atoms with E-state index in [1.165, 1.54) is 18.2 Å². The normalized spacial score (nSPS) is 18.5. The molecule has 2 aromatic carbocycles. The number of aromatic nitrogens is 1. The van der Waals surface area contributed by atoms with E-state index >= 15 is 0 Å². The molecule has 1 unspecified atom stereocenters. The van der Waals surface area contributed by atoms with Gasteiger partial charge >= 0.3 is 5.97 Å². The van der Waals surface area contributed by atoms with E-state index < -0.39 is 34.5 Å². The highest BCUT2D eigenvalue weighted by Crippen LogP contribution is 2.27. The number of nitrogens with zero attached hydrogens (tertiary/aromatic N) is 4. The first-order valence-corrected chi connectivity index (χ1v) is 14.5. The average Bonchev–Trinajstić information content (AvgIpc) is 2.93. The molecule has 1 N–H and O–H groups in total. The Morgan fingerprint density at radius 1 is 1.05 bits per heavy atom. The summed E-state index contributed by atoms with van der Waals surface area (Å²) < 4.78 is 33.1. The summed E-state index contributed by atoms with van der Waals surface area (Å²) in [4.78, 5) is 32.6. The van der Waals surface area contributed by atoms with Gasteiger partial charge in [-0.25, -0.2) is 18.6 Å². The molecule has 1 amide bonds. The van der Waals surface area contributed by atoms with Crippen LogP contribution in [-0.4, -0.2) is 80.0 Å². The van der Waals surface area contributed by atoms with Crippen molar-refractivity contribution in [2.45, 2.75) is 36.7 Å². The van der Waals surface area contributed by atoms with Crippen LogP contribution in [0.5, 0.6) is 0 Å². The number of hydrogen-bond donors (Lipinski definition) is 1. The van der Waals surface area contributed by atoms with E-state index in [0.29, 0.717) is 10.4 Å². The maximum atomic E-state index is 13.5. The number of esters is 1. The number of methoxy groups -OCH3 is 1. The Kier molecular flexibility index (Phi) is 10.8. The number of hydrogen-bond acceptors (Lipinski definition) is 8. The van der Waals surface area contributed by atoms with Gasteiger partial charge in [-0.15, -0.1) is 24.8 Å². The molecule has 1 atom stereocenters. The van der Waals surface area contributed by atoms with Gasteiger partial charge in [0, 0.05) is 48.3 Å². The molecule has 222 valence electrons. The molecule has 10 nitrogen and oxygen atoms in total. The molecule has 0 bridgehead atoms. The molecular weight excluding hydrogens is 613 g/mol. The van der Waals surface area contributed by atoms with E-state index in [4.69, 9.17) is 16.3 Å². The Balaban J connectivity index is 0.00000231. The van der Waals surface area contributed by atoms with Crippen molar-refractivity contribution < 1.29 is 22.7 Å². The molecule has 2 aliphatic heterocycles. The van der Waals surface area contributed by atoms with Crippen molar-refractivity contribution in [3.8, 4) is 0 Å². The quantitative estimate of drug-likeness (QED) is 0.406. The number of halogens is 3. The first-order chi connectivity index (χ1) is 18.7. The summed E-state index contributed by atoms with van der Waals surface area (Å²) in [5, 5.41) is 3.30. The highest BCUT2D eigenvalue weighted by Gasteiger charge is 2.43. The molecule has 41 heavy (non-hydrogen) atoms. The van der Waals surface area contributed by atoms with Crippen LogP contribution in [0.1, 0.15) is 18.5 Å². The number of nitrogens with one attached hydrogen (secondary N) is 1. The summed E-state index contributed by atoms with van der Waals surface area (Å²) in [6.45, 7) is 2.86. The third-order valence-electron chi connectivity index (χ3n) is 7.22. The van der Waals surface area contributed by atoms with Crippen molar-refractivity contribution in [2.75, 3.05) is 38.2 Å². The molecule has 0 spiro atoms. The standard InChI is InChI=1S/C27H30ClN5O5S.2ClH/c1-18-13-23(7-10-29-18)31-11-8-22(9-12-31)30-33-25(27(35)38-2)16-32(17-26(33)34)39(36,37)24-6-4-19-14-21(28)5-3-20(19)15-24;;/h3-7,10,13-15,22,25,30H,8-9,11-12,16-17H2,1-2H3;2*1H. The van der Waals surface area contributed by atoms with E-state index in [1.54, 1.807) is 36.5 Å². The Morgan fingerprint density at radius 2 is 1.73 bits per heavy atom. The Bertz CT molecular complexity index is 1520. The summed E-state index contributed by atoms with van der Waals surface area (Å²) >= 11 is 6.05. The number of piperidine rings is 1. The molecule has 3 aromatic rings. The van der Waals surface area contributed by atoms with Crippen LogP contribution in [0.15, 0.2) is 59.6 Å². The Morgan fingerprint density at radius 3 is 2.41 bits per heavy atom. The van der Waals surface area contributed by atoms with Crippen LogP contribution in [0, 0.1) is 6.92 Å². The summed E-state index contributed by atoms with van der Waals surface area (Å²) in [5.41, 5.74) is 5.25. The fourth-order valence-electron chi connectivity index (χ4n) is 5.10. The number of aryl methyl sites for hydroxylation is 1. The Labute approximate surface area is 256 Å². The smallest absolute Gasteiger partial charge is 0.331 e. The molecule has 2 aliphatic rings. The maximum Gasteiger partial charge on any atom is 0.331 e. The fraction of sp³-hybridized carbons (Fsp3) is 0.370. The van der Waals surface area contributed by atoms with E-state index in [-0.39, 0.29) is 42.3 Å². The van der Waals surface area contributed by atoms with Gasteiger partial charge in [0.15, 0.2) is 6.04 Å². The molecule has 3 heterocycles. The second-order valence-electron chi connectivity index (χ2n) is 9.80. The van der Waals surface area contributed by atoms with Gasteiger partial charge in [0.2, 0.25) is 10.0 Å². The molecule has 14 heteroatoms. The molecule has 0 saturated carbocycles. The molecule has 5 rings (SSSR count). The van der Waals surface area contributed by atoms with E-state index in [0.717, 1.165) is 47.0 Å². The van der Waals surface area contributed by atoms with Crippen molar-refractivity contribution in [1.29, 1.82) is 0 Å². The number of ether oxygens (including phenoxy) is 1. The van der Waals surface area contributed by atoms with Crippen LogP contribution >= 0.6 is 36.4 Å². The lowest BCUT2D eigenvalue weighted by Gasteiger charge is -2.42. The maximum absolute atomic E-state index is 13.5. The topological polar surface area (TPSA) is 112 Å². The average molecular weight is 645 g/mol. The molecule has 1 aromatic heterocycles. The summed E-state index contributed by atoms with van der Waals surface area (Å²) in [6.07, 6.45) is 3.26. The zero-order valence-electron chi connectivity index (χ0n) is 22.5. The number of carbonyl (C=O) groups is 2. The van der Waals surface area contributed by atoms with Crippen molar-refractivity contribution in [3.63, 3.8) is 0 Å². The minimum Gasteiger partial charge on any atom is -0.467 e. The number of sulfonamides is 1. The number of fused-ring (bicyclic) bond motifs is 1. The van der Waals surface area contributed by atoms with E-state index in [1.807, 2.05) is 19.1 Å². The number of hydrazine groups is 1. The number of piperazine rings is 1. The minimum atomic E-state index is -4.06. The molecular formula is C27H32Cl3N5O5S. The first kappa shape index (κ1) is 32.8. The molecule has 2 saturated heterocycles. The monoisotopic (exact) mass is 643 g/mol. The number of pyridine rings is 1. The molecule has 0 radical (unpaired) electrons. The summed E-state index contributed by atoms with van der Waals surface area (Å²) in [5.74, 6) is -1.20. The molecule has 0 aliphatic carbocycles. The van der Waals surface area contributed by atoms with Gasteiger partial charge in [-0.1, -0.05) is 23.7 Å². The van der Waals surface area contributed by atoms with Crippen LogP contribution in [0.3, 0.4) is 0 Å². The van der Waals surface area contributed by atoms with Gasteiger partial charge in [0.25, 0.3) is 5.91 Å². The number of rotatable bonds is 6. The minimum absolute atomic E-state index is 0. The number of amides is 1. The van der Waals surface area contributed by atoms with E-state index in [2.05, 4.69) is 15.3 Å². The zero-order valence-corrected chi connectivity index (χ0v) is 25.7. The SMILES string of the molecule is COC(=O)C1CN(S(=O)(=O)c2ccc3cc(Cl)ccc3c2)CC(=O)N1NC1CCN(c2ccnc(C)c2)CC1.Cl.Cl. The third-order valence-corrected chi connectivity index (χ3v) is 9.26. The van der Waals surface area contributed by atoms with Gasteiger partial charge < -0.3 is 9.64 Å². The third kappa shape index (κ3) is 7.04. The number of carbonyl (C=O) groups excluding carboxylic acids is 2. The fourth-order valence-corrected chi connectivity index (χ4v) is 6.71. The van der Waals surface area contributed by atoms with Crippen LogP contribution in [0.4, 0.5) is 5.69 Å². The lowest BCUT2D eigenvalue weighted by atomic mass is 10.0. The lowest BCUT2D eigenvalue weighted by molar-refractivity contribution is -0.160. The first-order valence-electron chi connectivity index (χ1n) is 12.7. The van der Waals surface area contributed by atoms with Gasteiger partial charge in [0.1, 0.15) is 0 Å². The van der Waals surface area contributed by atoms with Crippen molar-refractivity contribution in [2.24, 2.45) is 0 Å². The van der Waals surface area contributed by atoms with Gasteiger partial charge in [0.05, 0.1) is 18.6 Å². The highest BCUT2D eigenvalue weighted by atomic mass is 35.5. The van der Waals surface area contributed by atoms with Gasteiger partial charge in [-0.05, 0) is 66.9 Å². The van der Waals surface area contributed by atoms with Crippen molar-refractivity contribution in [3.05, 3.63) is 65.4 Å². The van der Waals surface area contributed by atoms with Crippen LogP contribution in [-0.2, 0) is 24.3 Å². The second-order valence-corrected chi connectivity index (χ2v) is 12.2. The van der Waals surface area contributed by atoms with Crippen LogP contribution in [0.2, 0.25) is 5.02 Å². The Hall–Kier alpha value is -2.67. The predicted molar refractivity (Wildman–Crippen MR) is 162 cm³/mol. The van der Waals surface area contributed by atoms with Crippen LogP contribution in [0.25, 0.3) is 10.8 Å². The second kappa shape index (κ2) is 13.5. The largest absolute Gasteiger partial charge is 0.467 e. The van der Waals surface area contributed by atoms with Gasteiger partial charge in [-0.2, -0.15) is 4.31 Å². The number of benzene rings is 2.